The third-order valence-electron chi connectivity index (χ3n) is 5.19. The number of nitrogens with zero attached hydrogens (tertiary/aromatic N) is 2. The predicted molar refractivity (Wildman–Crippen MR) is 76.4 cm³/mol. The van der Waals surface area contributed by atoms with Gasteiger partial charge < -0.3 is 4.90 Å². The van der Waals surface area contributed by atoms with Crippen LogP contribution in [0, 0.1) is 11.8 Å². The zero-order chi connectivity index (χ0) is 12.8. The van der Waals surface area contributed by atoms with Crippen LogP contribution in [0.15, 0.2) is 16.8 Å². The Morgan fingerprint density at radius 2 is 1.89 bits per heavy atom. The maximum atomic E-state index is 12.2. The first-order valence-electron chi connectivity index (χ1n) is 7.37. The van der Waals surface area contributed by atoms with Crippen molar-refractivity contribution in [3.63, 3.8) is 0 Å². The van der Waals surface area contributed by atoms with Crippen LogP contribution in [0.4, 0.5) is 0 Å². The van der Waals surface area contributed by atoms with Crippen LogP contribution in [-0.2, 0) is 0 Å². The summed E-state index contributed by atoms with van der Waals surface area (Å²) in [6, 6.07) is 2.56. The maximum Gasteiger partial charge on any atom is 0.254 e. The summed E-state index contributed by atoms with van der Waals surface area (Å²) in [7, 11) is 0. The fraction of sp³-hybridized carbons (Fsp3) is 0.667. The largest absolute Gasteiger partial charge is 0.335 e. The Morgan fingerprint density at radius 3 is 2.53 bits per heavy atom. The number of hydrogen-bond donors (Lipinski definition) is 0. The maximum absolute atomic E-state index is 12.2. The highest BCUT2D eigenvalue weighted by molar-refractivity contribution is 7.08. The van der Waals surface area contributed by atoms with Crippen LogP contribution in [-0.4, -0.2) is 47.9 Å². The number of fused-ring (bicyclic) bond motifs is 1. The molecule has 2 unspecified atom stereocenters. The van der Waals surface area contributed by atoms with Gasteiger partial charge in [-0.05, 0) is 36.1 Å². The van der Waals surface area contributed by atoms with Gasteiger partial charge in [-0.1, -0.05) is 6.42 Å². The fourth-order valence-corrected chi connectivity index (χ4v) is 4.62. The van der Waals surface area contributed by atoms with Crippen LogP contribution in [0.1, 0.15) is 29.6 Å². The van der Waals surface area contributed by atoms with Crippen molar-refractivity contribution in [3.05, 3.63) is 22.4 Å². The summed E-state index contributed by atoms with van der Waals surface area (Å²) >= 11 is 1.60. The molecule has 1 aromatic rings. The molecule has 2 aliphatic heterocycles. The van der Waals surface area contributed by atoms with Crippen molar-refractivity contribution in [1.82, 2.24) is 9.80 Å². The van der Waals surface area contributed by atoms with Crippen LogP contribution in [0.2, 0.25) is 0 Å². The van der Waals surface area contributed by atoms with Crippen molar-refractivity contribution >= 4 is 17.2 Å². The molecule has 1 aromatic heterocycles. The Morgan fingerprint density at radius 1 is 1.16 bits per heavy atom. The number of carbonyl (C=O) groups is 1. The summed E-state index contributed by atoms with van der Waals surface area (Å²) in [4.78, 5) is 16.8. The molecule has 3 nitrogen and oxygen atoms in total. The van der Waals surface area contributed by atoms with Crippen molar-refractivity contribution in [2.75, 3.05) is 26.2 Å². The van der Waals surface area contributed by atoms with Crippen molar-refractivity contribution in [2.24, 2.45) is 11.8 Å². The quantitative estimate of drug-likeness (QED) is 0.827. The van der Waals surface area contributed by atoms with Gasteiger partial charge in [-0.2, -0.15) is 11.3 Å². The molecule has 0 aromatic carbocycles. The normalized spacial score (nSPS) is 31.5. The van der Waals surface area contributed by atoms with Crippen LogP contribution in [0.25, 0.3) is 0 Å². The fourth-order valence-electron chi connectivity index (χ4n) is 3.99. The minimum Gasteiger partial charge on any atom is -0.335 e. The molecular weight excluding hydrogens is 256 g/mol. The average molecular weight is 276 g/mol. The molecule has 0 radical (unpaired) electrons. The van der Waals surface area contributed by atoms with E-state index < -0.39 is 0 Å². The Labute approximate surface area is 118 Å². The summed E-state index contributed by atoms with van der Waals surface area (Å²) in [5.74, 6) is 2.14. The zero-order valence-electron chi connectivity index (χ0n) is 11.1. The van der Waals surface area contributed by atoms with Gasteiger partial charge in [0.15, 0.2) is 0 Å². The monoisotopic (exact) mass is 276 g/mol. The number of hydrogen-bond acceptors (Lipinski definition) is 3. The summed E-state index contributed by atoms with van der Waals surface area (Å²) < 4.78 is 0. The van der Waals surface area contributed by atoms with Gasteiger partial charge in [-0.3, -0.25) is 9.69 Å². The lowest BCUT2D eigenvalue weighted by atomic mass is 10.0. The lowest BCUT2D eigenvalue weighted by Gasteiger charge is -2.44. The second-order valence-electron chi connectivity index (χ2n) is 6.28. The molecule has 1 saturated carbocycles. The minimum absolute atomic E-state index is 0.219. The Balaban J connectivity index is 1.32. The molecule has 1 amide bonds. The van der Waals surface area contributed by atoms with Crippen LogP contribution in [0.3, 0.4) is 0 Å². The van der Waals surface area contributed by atoms with E-state index in [-0.39, 0.29) is 5.91 Å². The van der Waals surface area contributed by atoms with E-state index in [4.69, 9.17) is 0 Å². The summed E-state index contributed by atoms with van der Waals surface area (Å²) in [6.45, 7) is 4.45. The van der Waals surface area contributed by atoms with Crippen molar-refractivity contribution in [1.29, 1.82) is 0 Å². The van der Waals surface area contributed by atoms with Gasteiger partial charge in [0.2, 0.25) is 0 Å². The van der Waals surface area contributed by atoms with E-state index in [1.54, 1.807) is 11.3 Å². The SMILES string of the molecule is O=C(c1ccsc1)N1CC(N2CC3CCCC3C2)C1. The summed E-state index contributed by atoms with van der Waals surface area (Å²) in [6.07, 6.45) is 4.31. The highest BCUT2D eigenvalue weighted by Crippen LogP contribution is 2.39. The van der Waals surface area contributed by atoms with E-state index >= 15 is 0 Å². The van der Waals surface area contributed by atoms with Gasteiger partial charge in [0.25, 0.3) is 5.91 Å². The molecule has 2 saturated heterocycles. The molecule has 4 rings (SSSR count). The first-order valence-corrected chi connectivity index (χ1v) is 8.31. The zero-order valence-corrected chi connectivity index (χ0v) is 11.9. The number of carbonyl (C=O) groups excluding carboxylic acids is 1. The van der Waals surface area contributed by atoms with Crippen molar-refractivity contribution < 1.29 is 4.79 Å². The van der Waals surface area contributed by atoms with Crippen molar-refractivity contribution in [2.45, 2.75) is 25.3 Å². The van der Waals surface area contributed by atoms with E-state index in [0.717, 1.165) is 30.5 Å². The first-order chi connectivity index (χ1) is 9.31. The molecule has 0 bridgehead atoms. The number of thiophene rings is 1. The number of rotatable bonds is 2. The van der Waals surface area contributed by atoms with Gasteiger partial charge in [-0.15, -0.1) is 0 Å². The molecule has 0 spiro atoms. The molecule has 4 heteroatoms. The number of amides is 1. The van der Waals surface area contributed by atoms with E-state index in [1.165, 1.54) is 32.4 Å². The highest BCUT2D eigenvalue weighted by Gasteiger charge is 2.43. The molecular formula is C15H20N2OS. The van der Waals surface area contributed by atoms with E-state index in [9.17, 15) is 4.79 Å². The standard InChI is InChI=1S/C15H20N2OS/c18-15(13-4-5-19-10-13)17-8-14(9-17)16-6-11-2-1-3-12(11)7-16/h4-5,10-12,14H,1-3,6-9H2. The average Bonchev–Trinajstić information content (AvgIpc) is 3.02. The molecule has 1 aliphatic carbocycles. The van der Waals surface area contributed by atoms with Crippen molar-refractivity contribution in [3.8, 4) is 0 Å². The highest BCUT2D eigenvalue weighted by atomic mass is 32.1. The molecule has 102 valence electrons. The second-order valence-corrected chi connectivity index (χ2v) is 7.06. The van der Waals surface area contributed by atoms with Gasteiger partial charge in [-0.25, -0.2) is 0 Å². The first kappa shape index (κ1) is 11.9. The number of likely N-dealkylation sites (tertiary alicyclic amines) is 2. The second kappa shape index (κ2) is 4.60. The molecule has 0 N–H and O–H groups in total. The molecule has 19 heavy (non-hydrogen) atoms. The lowest BCUT2D eigenvalue weighted by Crippen LogP contribution is -2.60. The topological polar surface area (TPSA) is 23.6 Å². The van der Waals surface area contributed by atoms with E-state index in [2.05, 4.69) is 4.90 Å². The van der Waals surface area contributed by atoms with Gasteiger partial charge in [0.1, 0.15) is 0 Å². The van der Waals surface area contributed by atoms with E-state index in [1.807, 2.05) is 21.7 Å². The predicted octanol–water partition coefficient (Wildman–Crippen LogP) is 2.30. The smallest absolute Gasteiger partial charge is 0.254 e. The lowest BCUT2D eigenvalue weighted by molar-refractivity contribution is 0.0313. The molecule has 3 heterocycles. The molecule has 3 aliphatic rings. The molecule has 3 fully saturated rings. The summed E-state index contributed by atoms with van der Waals surface area (Å²) in [5, 5.41) is 3.93. The Hall–Kier alpha value is -0.870. The third kappa shape index (κ3) is 2.01. The summed E-state index contributed by atoms with van der Waals surface area (Å²) in [5.41, 5.74) is 0.863. The van der Waals surface area contributed by atoms with Crippen LogP contribution < -0.4 is 0 Å². The third-order valence-corrected chi connectivity index (χ3v) is 5.87. The Kier molecular flexibility index (Phi) is 2.88. The van der Waals surface area contributed by atoms with Crippen LogP contribution >= 0.6 is 11.3 Å². The Bertz CT molecular complexity index is 454. The van der Waals surface area contributed by atoms with Gasteiger partial charge >= 0.3 is 0 Å². The minimum atomic E-state index is 0.219. The van der Waals surface area contributed by atoms with E-state index in [0.29, 0.717) is 6.04 Å². The molecule has 2 atom stereocenters. The van der Waals surface area contributed by atoms with Gasteiger partial charge in [0.05, 0.1) is 5.56 Å². The van der Waals surface area contributed by atoms with Crippen LogP contribution in [0.5, 0.6) is 0 Å². The van der Waals surface area contributed by atoms with Gasteiger partial charge in [0, 0.05) is 37.6 Å².